The number of phenolic OH excluding ortho intramolecular Hbond substituents is 3. The Labute approximate surface area is 143 Å². The largest absolute Gasteiger partial charge is 0.508 e. The summed E-state index contributed by atoms with van der Waals surface area (Å²) >= 11 is 0. The number of rotatable bonds is 4. The van der Waals surface area contributed by atoms with Gasteiger partial charge >= 0.3 is 11.9 Å². The molecule has 0 aliphatic heterocycles. The van der Waals surface area contributed by atoms with E-state index in [4.69, 9.17) is 20.4 Å². The molecule has 2 aromatic rings. The number of hydrogen-bond acceptors (Lipinski definition) is 5. The summed E-state index contributed by atoms with van der Waals surface area (Å²) in [5.41, 5.74) is 1.09. The Bertz CT molecular complexity index is 790. The minimum Gasteiger partial charge on any atom is -0.508 e. The van der Waals surface area contributed by atoms with E-state index in [1.165, 1.54) is 36.4 Å². The maximum Gasteiger partial charge on any atom is 0.328 e. The Balaban J connectivity index is 0.000000251. The number of aromatic hydroxyl groups is 3. The van der Waals surface area contributed by atoms with E-state index in [1.54, 1.807) is 12.1 Å². The van der Waals surface area contributed by atoms with Crippen molar-refractivity contribution in [3.63, 3.8) is 0 Å². The van der Waals surface area contributed by atoms with E-state index in [-0.39, 0.29) is 17.2 Å². The zero-order valence-corrected chi connectivity index (χ0v) is 12.9. The zero-order chi connectivity index (χ0) is 18.8. The van der Waals surface area contributed by atoms with Crippen molar-refractivity contribution in [2.45, 2.75) is 0 Å². The van der Waals surface area contributed by atoms with Gasteiger partial charge in [0, 0.05) is 23.8 Å². The van der Waals surface area contributed by atoms with Gasteiger partial charge in [-0.1, -0.05) is 12.1 Å². The SMILES string of the molecule is O=C(O)C=Cc1ccc(O)cc1.O=C(O)C=Cc1ccc(O)cc1O. The maximum atomic E-state index is 10.1. The van der Waals surface area contributed by atoms with Crippen LogP contribution >= 0.6 is 0 Å². The molecule has 130 valence electrons. The average Bonchev–Trinajstić information content (AvgIpc) is 2.54. The molecule has 0 saturated carbocycles. The van der Waals surface area contributed by atoms with Gasteiger partial charge in [0.1, 0.15) is 17.2 Å². The van der Waals surface area contributed by atoms with Crippen LogP contribution in [0, 0.1) is 0 Å². The average molecular weight is 344 g/mol. The Hall–Kier alpha value is -3.74. The first kappa shape index (κ1) is 19.3. The minimum atomic E-state index is -1.09. The predicted octanol–water partition coefficient (Wildman–Crippen LogP) is 2.69. The van der Waals surface area contributed by atoms with Crippen LogP contribution in [0.4, 0.5) is 0 Å². The zero-order valence-electron chi connectivity index (χ0n) is 12.9. The number of carboxylic acid groups (broad SMARTS) is 2. The van der Waals surface area contributed by atoms with Crippen LogP contribution in [-0.2, 0) is 9.59 Å². The standard InChI is InChI=1S/C9H8O4.C9H8O3/c10-7-3-1-6(8(11)5-7)2-4-9(12)13;10-8-4-1-7(2-5-8)3-6-9(11)12/h1-5,10-11H,(H,12,13);1-6,10H,(H,11,12). The topological polar surface area (TPSA) is 135 Å². The van der Waals surface area contributed by atoms with Crippen molar-refractivity contribution >= 4 is 24.1 Å². The fourth-order valence-corrected chi connectivity index (χ4v) is 1.59. The molecule has 5 N–H and O–H groups in total. The Kier molecular flexibility index (Phi) is 7.27. The van der Waals surface area contributed by atoms with E-state index in [1.807, 2.05) is 0 Å². The normalized spacial score (nSPS) is 10.4. The summed E-state index contributed by atoms with van der Waals surface area (Å²) in [5, 5.41) is 43.6. The second kappa shape index (κ2) is 9.41. The van der Waals surface area contributed by atoms with Crippen LogP contribution in [0.15, 0.2) is 54.6 Å². The highest BCUT2D eigenvalue weighted by Gasteiger charge is 1.98. The third-order valence-corrected chi connectivity index (χ3v) is 2.73. The maximum absolute atomic E-state index is 10.1. The number of carbonyl (C=O) groups is 2. The molecular formula is C18H16O7. The van der Waals surface area contributed by atoms with Gasteiger partial charge in [0.15, 0.2) is 0 Å². The lowest BCUT2D eigenvalue weighted by Gasteiger charge is -1.98. The lowest BCUT2D eigenvalue weighted by molar-refractivity contribution is -0.132. The number of hydrogen-bond donors (Lipinski definition) is 5. The van der Waals surface area contributed by atoms with Crippen molar-refractivity contribution in [1.29, 1.82) is 0 Å². The van der Waals surface area contributed by atoms with Crippen LogP contribution in [0.25, 0.3) is 12.2 Å². The summed E-state index contributed by atoms with van der Waals surface area (Å²) in [6.45, 7) is 0. The third kappa shape index (κ3) is 7.89. The van der Waals surface area contributed by atoms with Gasteiger partial charge in [-0.05, 0) is 42.0 Å². The highest BCUT2D eigenvalue weighted by atomic mass is 16.4. The smallest absolute Gasteiger partial charge is 0.328 e. The molecule has 25 heavy (non-hydrogen) atoms. The van der Waals surface area contributed by atoms with Crippen LogP contribution in [-0.4, -0.2) is 37.5 Å². The Morgan fingerprint density at radius 1 is 0.720 bits per heavy atom. The number of carboxylic acids is 2. The summed E-state index contributed by atoms with van der Waals surface area (Å²) in [4.78, 5) is 20.2. The predicted molar refractivity (Wildman–Crippen MR) is 91.2 cm³/mol. The molecule has 0 radical (unpaired) electrons. The van der Waals surface area contributed by atoms with Crippen molar-refractivity contribution in [1.82, 2.24) is 0 Å². The molecule has 0 fully saturated rings. The molecule has 0 heterocycles. The highest BCUT2D eigenvalue weighted by Crippen LogP contribution is 2.23. The molecule has 2 aromatic carbocycles. The minimum absolute atomic E-state index is 0.0648. The van der Waals surface area contributed by atoms with Crippen LogP contribution in [0.5, 0.6) is 17.2 Å². The van der Waals surface area contributed by atoms with Gasteiger partial charge in [-0.3, -0.25) is 0 Å². The van der Waals surface area contributed by atoms with E-state index in [0.717, 1.165) is 23.8 Å². The molecule has 7 heteroatoms. The quantitative estimate of drug-likeness (QED) is 0.538. The lowest BCUT2D eigenvalue weighted by Crippen LogP contribution is -1.85. The van der Waals surface area contributed by atoms with Crippen LogP contribution in [0.2, 0.25) is 0 Å². The van der Waals surface area contributed by atoms with Crippen LogP contribution in [0.3, 0.4) is 0 Å². The van der Waals surface area contributed by atoms with Crippen molar-refractivity contribution in [2.75, 3.05) is 0 Å². The molecular weight excluding hydrogens is 328 g/mol. The molecule has 0 aromatic heterocycles. The van der Waals surface area contributed by atoms with Crippen molar-refractivity contribution in [2.24, 2.45) is 0 Å². The van der Waals surface area contributed by atoms with Gasteiger partial charge in [-0.15, -0.1) is 0 Å². The summed E-state index contributed by atoms with van der Waals surface area (Å²) in [7, 11) is 0. The Morgan fingerprint density at radius 3 is 1.76 bits per heavy atom. The molecule has 0 saturated heterocycles. The molecule has 0 unspecified atom stereocenters. The fourth-order valence-electron chi connectivity index (χ4n) is 1.59. The van der Waals surface area contributed by atoms with E-state index >= 15 is 0 Å². The van der Waals surface area contributed by atoms with Gasteiger partial charge in [-0.2, -0.15) is 0 Å². The first-order chi connectivity index (χ1) is 11.8. The van der Waals surface area contributed by atoms with Gasteiger partial charge < -0.3 is 25.5 Å². The summed E-state index contributed by atoms with van der Waals surface area (Å²) in [6, 6.07) is 10.2. The number of benzene rings is 2. The second-order valence-corrected chi connectivity index (χ2v) is 4.68. The van der Waals surface area contributed by atoms with Crippen molar-refractivity contribution in [3.05, 3.63) is 65.7 Å². The Morgan fingerprint density at radius 2 is 1.24 bits per heavy atom. The second-order valence-electron chi connectivity index (χ2n) is 4.68. The number of phenols is 3. The van der Waals surface area contributed by atoms with E-state index in [9.17, 15) is 14.7 Å². The molecule has 0 aliphatic carbocycles. The van der Waals surface area contributed by atoms with Gasteiger partial charge in [-0.25, -0.2) is 9.59 Å². The van der Waals surface area contributed by atoms with Gasteiger partial charge in [0.05, 0.1) is 0 Å². The molecule has 7 nitrogen and oxygen atoms in total. The molecule has 0 bridgehead atoms. The van der Waals surface area contributed by atoms with E-state index in [0.29, 0.717) is 5.56 Å². The monoisotopic (exact) mass is 344 g/mol. The molecule has 0 aliphatic rings. The van der Waals surface area contributed by atoms with Crippen LogP contribution in [0.1, 0.15) is 11.1 Å². The van der Waals surface area contributed by atoms with E-state index in [2.05, 4.69) is 0 Å². The first-order valence-corrected chi connectivity index (χ1v) is 6.91. The lowest BCUT2D eigenvalue weighted by atomic mass is 10.2. The number of aliphatic carboxylic acids is 2. The van der Waals surface area contributed by atoms with Crippen molar-refractivity contribution in [3.8, 4) is 17.2 Å². The van der Waals surface area contributed by atoms with E-state index < -0.39 is 11.9 Å². The highest BCUT2D eigenvalue weighted by molar-refractivity contribution is 5.86. The molecule has 0 amide bonds. The van der Waals surface area contributed by atoms with Crippen molar-refractivity contribution < 1.29 is 35.1 Å². The van der Waals surface area contributed by atoms with Gasteiger partial charge in [0.2, 0.25) is 0 Å². The molecule has 2 rings (SSSR count). The third-order valence-electron chi connectivity index (χ3n) is 2.73. The first-order valence-electron chi connectivity index (χ1n) is 6.91. The molecule has 0 spiro atoms. The van der Waals surface area contributed by atoms with Gasteiger partial charge in [0.25, 0.3) is 0 Å². The molecule has 0 atom stereocenters. The fraction of sp³-hybridized carbons (Fsp3) is 0. The summed E-state index contributed by atoms with van der Waals surface area (Å²) < 4.78 is 0. The summed E-state index contributed by atoms with van der Waals surface area (Å²) in [5.74, 6) is -2.12. The van der Waals surface area contributed by atoms with Crippen LogP contribution < -0.4 is 0 Å². The summed E-state index contributed by atoms with van der Waals surface area (Å²) in [6.07, 6.45) is 4.66.